The third kappa shape index (κ3) is 3.76. The van der Waals surface area contributed by atoms with E-state index in [0.717, 1.165) is 18.9 Å². The van der Waals surface area contributed by atoms with E-state index in [1.165, 1.54) is 23.1 Å². The molecule has 1 saturated carbocycles. The van der Waals surface area contributed by atoms with Gasteiger partial charge in [-0.05, 0) is 71.1 Å². The van der Waals surface area contributed by atoms with Gasteiger partial charge < -0.3 is 14.7 Å². The molecule has 1 heterocycles. The summed E-state index contributed by atoms with van der Waals surface area (Å²) >= 11 is 0. The molecule has 2 aliphatic rings. The number of rotatable bonds is 3. The lowest BCUT2D eigenvalue weighted by Gasteiger charge is -2.53. The largest absolute Gasteiger partial charge is 0.444 e. The summed E-state index contributed by atoms with van der Waals surface area (Å²) in [6, 6.07) is 4.30. The molecule has 1 aliphatic heterocycles. The standard InChI is InChI=1S/C20H28FNO5S/c1-19(2,3)27-18(24)22-10-5-4-9-17(22)20(12-15(23)13-20)28(25,26)16-8-6-7-14(21)11-16/h6-8,11,15,17,23H,4-5,9-10,12-13H2,1-3H3. The molecule has 0 radical (unpaired) electrons. The van der Waals surface area contributed by atoms with Crippen LogP contribution in [0.1, 0.15) is 52.9 Å². The van der Waals surface area contributed by atoms with E-state index in [2.05, 4.69) is 0 Å². The predicted octanol–water partition coefficient (Wildman–Crippen LogP) is 3.28. The Hall–Kier alpha value is -1.67. The van der Waals surface area contributed by atoms with Crippen LogP contribution in [0.25, 0.3) is 0 Å². The highest BCUT2D eigenvalue weighted by Gasteiger charge is 2.61. The third-order valence-corrected chi connectivity index (χ3v) is 8.09. The van der Waals surface area contributed by atoms with Gasteiger partial charge >= 0.3 is 6.09 Å². The van der Waals surface area contributed by atoms with Gasteiger partial charge in [0.25, 0.3) is 0 Å². The van der Waals surface area contributed by atoms with E-state index in [0.29, 0.717) is 13.0 Å². The number of halogens is 1. The summed E-state index contributed by atoms with van der Waals surface area (Å²) in [7, 11) is -3.98. The highest BCUT2D eigenvalue weighted by molar-refractivity contribution is 7.93. The molecule has 28 heavy (non-hydrogen) atoms. The highest BCUT2D eigenvalue weighted by atomic mass is 32.2. The van der Waals surface area contributed by atoms with Crippen molar-refractivity contribution in [2.24, 2.45) is 0 Å². The third-order valence-electron chi connectivity index (χ3n) is 5.54. The number of piperidine rings is 1. The Balaban J connectivity index is 2.01. The fourth-order valence-corrected chi connectivity index (χ4v) is 6.72. The Morgan fingerprint density at radius 1 is 1.29 bits per heavy atom. The number of benzene rings is 1. The van der Waals surface area contributed by atoms with Crippen molar-refractivity contribution in [2.75, 3.05) is 6.54 Å². The number of carbonyl (C=O) groups is 1. The monoisotopic (exact) mass is 413 g/mol. The number of amides is 1. The number of aliphatic hydroxyl groups is 1. The van der Waals surface area contributed by atoms with Crippen molar-refractivity contribution in [3.8, 4) is 0 Å². The first-order valence-corrected chi connectivity index (χ1v) is 11.1. The number of carbonyl (C=O) groups excluding carboxylic acids is 1. The molecule has 3 rings (SSSR count). The van der Waals surface area contributed by atoms with E-state index in [1.54, 1.807) is 20.8 Å². The summed E-state index contributed by atoms with van der Waals surface area (Å²) in [4.78, 5) is 14.2. The minimum atomic E-state index is -3.98. The molecule has 0 spiro atoms. The average Bonchev–Trinajstić information content (AvgIpc) is 2.57. The molecule has 1 aromatic rings. The number of hydrogen-bond acceptors (Lipinski definition) is 5. The quantitative estimate of drug-likeness (QED) is 0.822. The van der Waals surface area contributed by atoms with Crippen molar-refractivity contribution in [1.29, 1.82) is 0 Å². The van der Waals surface area contributed by atoms with Crippen molar-refractivity contribution < 1.29 is 27.4 Å². The van der Waals surface area contributed by atoms with Crippen LogP contribution in [0.5, 0.6) is 0 Å². The lowest BCUT2D eigenvalue weighted by atomic mass is 9.73. The van der Waals surface area contributed by atoms with Gasteiger partial charge in [0.1, 0.15) is 16.2 Å². The zero-order chi connectivity index (χ0) is 20.7. The van der Waals surface area contributed by atoms with Crippen molar-refractivity contribution in [1.82, 2.24) is 4.90 Å². The van der Waals surface area contributed by atoms with Crippen LogP contribution in [-0.2, 0) is 14.6 Å². The second-order valence-corrected chi connectivity index (χ2v) is 11.1. The van der Waals surface area contributed by atoms with Gasteiger partial charge in [-0.3, -0.25) is 0 Å². The Kier molecular flexibility index (Phi) is 5.49. The van der Waals surface area contributed by atoms with Gasteiger partial charge in [-0.1, -0.05) is 6.07 Å². The van der Waals surface area contributed by atoms with Crippen LogP contribution in [0.3, 0.4) is 0 Å². The molecule has 1 saturated heterocycles. The summed E-state index contributed by atoms with van der Waals surface area (Å²) < 4.78 is 44.9. The minimum Gasteiger partial charge on any atom is -0.444 e. The first-order chi connectivity index (χ1) is 13.0. The SMILES string of the molecule is CC(C)(C)OC(=O)N1CCCCC1C1(S(=O)(=O)c2cccc(F)c2)CC(O)C1. The topological polar surface area (TPSA) is 83.9 Å². The van der Waals surface area contributed by atoms with Crippen LogP contribution in [-0.4, -0.2) is 53.6 Å². The van der Waals surface area contributed by atoms with Gasteiger partial charge in [0, 0.05) is 6.54 Å². The first-order valence-electron chi connectivity index (χ1n) is 9.64. The Bertz CT molecular complexity index is 842. The van der Waals surface area contributed by atoms with Gasteiger partial charge in [-0.2, -0.15) is 0 Å². The van der Waals surface area contributed by atoms with E-state index in [4.69, 9.17) is 4.74 Å². The van der Waals surface area contributed by atoms with Gasteiger partial charge in [0.15, 0.2) is 9.84 Å². The molecule has 8 heteroatoms. The number of hydrogen-bond donors (Lipinski definition) is 1. The van der Waals surface area contributed by atoms with E-state index in [1.807, 2.05) is 0 Å². The van der Waals surface area contributed by atoms with E-state index < -0.39 is 44.2 Å². The normalized spacial score (nSPS) is 28.5. The number of ether oxygens (including phenoxy) is 1. The smallest absolute Gasteiger partial charge is 0.410 e. The molecule has 1 N–H and O–H groups in total. The van der Waals surface area contributed by atoms with Crippen LogP contribution in [0, 0.1) is 5.82 Å². The lowest BCUT2D eigenvalue weighted by molar-refractivity contribution is -0.0253. The Labute approximate surface area is 165 Å². The molecule has 1 aliphatic carbocycles. The maximum atomic E-state index is 13.7. The summed E-state index contributed by atoms with van der Waals surface area (Å²) in [5, 5.41) is 10.0. The molecule has 1 amide bonds. The Morgan fingerprint density at radius 2 is 1.96 bits per heavy atom. The zero-order valence-electron chi connectivity index (χ0n) is 16.5. The lowest BCUT2D eigenvalue weighted by Crippen LogP contribution is -2.67. The first kappa shape index (κ1) is 21.0. The maximum absolute atomic E-state index is 13.7. The number of aliphatic hydroxyl groups excluding tert-OH is 1. The van der Waals surface area contributed by atoms with Crippen LogP contribution in [0.2, 0.25) is 0 Å². The van der Waals surface area contributed by atoms with E-state index in [-0.39, 0.29) is 17.7 Å². The molecule has 1 aromatic carbocycles. The van der Waals surface area contributed by atoms with Crippen molar-refractivity contribution in [2.45, 2.75) is 80.3 Å². The van der Waals surface area contributed by atoms with Gasteiger partial charge in [0.2, 0.25) is 0 Å². The van der Waals surface area contributed by atoms with Crippen molar-refractivity contribution in [3.63, 3.8) is 0 Å². The molecule has 6 nitrogen and oxygen atoms in total. The van der Waals surface area contributed by atoms with E-state index in [9.17, 15) is 22.7 Å². The molecular weight excluding hydrogens is 385 g/mol. The van der Waals surface area contributed by atoms with Crippen LogP contribution in [0.15, 0.2) is 29.2 Å². The van der Waals surface area contributed by atoms with Gasteiger partial charge in [0.05, 0.1) is 17.0 Å². The summed E-state index contributed by atoms with van der Waals surface area (Å²) in [6.07, 6.45) is 0.777. The average molecular weight is 414 g/mol. The molecule has 1 atom stereocenters. The fraction of sp³-hybridized carbons (Fsp3) is 0.650. The fourth-order valence-electron chi connectivity index (χ4n) is 4.29. The second kappa shape index (κ2) is 7.30. The van der Waals surface area contributed by atoms with Crippen molar-refractivity contribution in [3.05, 3.63) is 30.1 Å². The molecule has 0 aromatic heterocycles. The van der Waals surface area contributed by atoms with Crippen LogP contribution < -0.4 is 0 Å². The van der Waals surface area contributed by atoms with Gasteiger partial charge in [-0.25, -0.2) is 17.6 Å². The molecule has 2 fully saturated rings. The van der Waals surface area contributed by atoms with Crippen LogP contribution >= 0.6 is 0 Å². The van der Waals surface area contributed by atoms with Crippen LogP contribution in [0.4, 0.5) is 9.18 Å². The Morgan fingerprint density at radius 3 is 2.54 bits per heavy atom. The summed E-state index contributed by atoms with van der Waals surface area (Å²) in [5.74, 6) is -0.635. The highest BCUT2D eigenvalue weighted by Crippen LogP contribution is 2.49. The molecule has 1 unspecified atom stereocenters. The predicted molar refractivity (Wildman–Crippen MR) is 102 cm³/mol. The second-order valence-electron chi connectivity index (χ2n) is 8.77. The van der Waals surface area contributed by atoms with Gasteiger partial charge in [-0.15, -0.1) is 0 Å². The molecular formula is C20H28FNO5S. The minimum absolute atomic E-state index is 0.0236. The zero-order valence-corrected chi connectivity index (χ0v) is 17.3. The van der Waals surface area contributed by atoms with Crippen molar-refractivity contribution >= 4 is 15.9 Å². The number of sulfone groups is 1. The molecule has 156 valence electrons. The number of nitrogens with zero attached hydrogens (tertiary/aromatic N) is 1. The van der Waals surface area contributed by atoms with E-state index >= 15 is 0 Å². The number of likely N-dealkylation sites (tertiary alicyclic amines) is 1. The molecule has 0 bridgehead atoms. The maximum Gasteiger partial charge on any atom is 0.410 e. The summed E-state index contributed by atoms with van der Waals surface area (Å²) in [5.41, 5.74) is -0.702. The summed E-state index contributed by atoms with van der Waals surface area (Å²) in [6.45, 7) is 5.68.